The predicted octanol–water partition coefficient (Wildman–Crippen LogP) is 3.40. The highest BCUT2D eigenvalue weighted by molar-refractivity contribution is 5.80. The first-order chi connectivity index (χ1) is 8.65. The van der Waals surface area contributed by atoms with Crippen molar-refractivity contribution in [2.45, 2.75) is 65.9 Å². The Kier molecular flexibility index (Phi) is 5.05. The average Bonchev–Trinajstić information content (AvgIpc) is 2.35. The van der Waals surface area contributed by atoms with Gasteiger partial charge in [-0.25, -0.2) is 4.79 Å². The van der Waals surface area contributed by atoms with Crippen LogP contribution in [0.1, 0.15) is 60.3 Å². The fraction of sp³-hybridized carbons (Fsp3) is 0.938. The maximum absolute atomic E-state index is 12.2. The van der Waals surface area contributed by atoms with Gasteiger partial charge in [-0.2, -0.15) is 0 Å². The Morgan fingerprint density at radius 1 is 1.16 bits per heavy atom. The van der Waals surface area contributed by atoms with Gasteiger partial charge in [0.15, 0.2) is 5.60 Å². The third-order valence-electron chi connectivity index (χ3n) is 4.84. The van der Waals surface area contributed by atoms with Gasteiger partial charge in [-0.1, -0.05) is 47.5 Å². The van der Waals surface area contributed by atoms with Crippen molar-refractivity contribution in [3.8, 4) is 0 Å². The summed E-state index contributed by atoms with van der Waals surface area (Å²) in [5.41, 5.74) is -1.25. The van der Waals surface area contributed by atoms with Crippen LogP contribution in [0.5, 0.6) is 0 Å². The molecular formula is C16H30O3. The third kappa shape index (κ3) is 3.13. The van der Waals surface area contributed by atoms with Gasteiger partial charge in [-0.15, -0.1) is 0 Å². The van der Waals surface area contributed by atoms with Crippen LogP contribution >= 0.6 is 0 Å². The summed E-state index contributed by atoms with van der Waals surface area (Å²) in [6.07, 6.45) is 4.27. The van der Waals surface area contributed by atoms with Gasteiger partial charge in [0.1, 0.15) is 0 Å². The summed E-state index contributed by atoms with van der Waals surface area (Å²) in [5.74, 6) is -0.252. The normalized spacial score (nSPS) is 28.0. The summed E-state index contributed by atoms with van der Waals surface area (Å²) in [5, 5.41) is 11.0. The predicted molar refractivity (Wildman–Crippen MR) is 76.7 cm³/mol. The molecule has 0 radical (unpaired) electrons. The SMILES string of the molecule is COC(=O)C(O)(C(C)C)C1CCCCC1C(C)(C)C. The van der Waals surface area contributed by atoms with Gasteiger partial charge in [0.2, 0.25) is 0 Å². The smallest absolute Gasteiger partial charge is 0.338 e. The molecule has 0 spiro atoms. The minimum atomic E-state index is -1.35. The molecule has 0 amide bonds. The molecule has 0 bridgehead atoms. The average molecular weight is 270 g/mol. The third-order valence-corrected chi connectivity index (χ3v) is 4.84. The van der Waals surface area contributed by atoms with E-state index in [0.29, 0.717) is 5.92 Å². The van der Waals surface area contributed by atoms with Gasteiger partial charge in [-0.05, 0) is 30.1 Å². The van der Waals surface area contributed by atoms with Gasteiger partial charge in [-0.3, -0.25) is 0 Å². The van der Waals surface area contributed by atoms with Gasteiger partial charge in [0.25, 0.3) is 0 Å². The molecule has 112 valence electrons. The molecule has 1 saturated carbocycles. The number of carbonyl (C=O) groups is 1. The van der Waals surface area contributed by atoms with Crippen molar-refractivity contribution in [3.63, 3.8) is 0 Å². The second kappa shape index (κ2) is 5.82. The minimum absolute atomic E-state index is 0.00583. The Morgan fingerprint density at radius 3 is 2.00 bits per heavy atom. The molecule has 0 aromatic rings. The Morgan fingerprint density at radius 2 is 1.63 bits per heavy atom. The van der Waals surface area contributed by atoms with E-state index in [0.717, 1.165) is 19.3 Å². The van der Waals surface area contributed by atoms with E-state index in [1.165, 1.54) is 13.5 Å². The van der Waals surface area contributed by atoms with Gasteiger partial charge >= 0.3 is 5.97 Å². The molecule has 1 fully saturated rings. The molecule has 0 aliphatic heterocycles. The molecule has 0 heterocycles. The maximum Gasteiger partial charge on any atom is 0.338 e. The molecule has 3 nitrogen and oxygen atoms in total. The molecule has 0 aromatic heterocycles. The fourth-order valence-electron chi connectivity index (χ4n) is 3.67. The van der Waals surface area contributed by atoms with Crippen LogP contribution in [0.15, 0.2) is 0 Å². The first-order valence-electron chi connectivity index (χ1n) is 7.46. The molecule has 19 heavy (non-hydrogen) atoms. The summed E-state index contributed by atoms with van der Waals surface area (Å²) >= 11 is 0. The number of esters is 1. The maximum atomic E-state index is 12.2. The molecule has 3 heteroatoms. The van der Waals surface area contributed by atoms with E-state index in [4.69, 9.17) is 4.74 Å². The largest absolute Gasteiger partial charge is 0.467 e. The monoisotopic (exact) mass is 270 g/mol. The number of methoxy groups -OCH3 is 1. The van der Waals surface area contributed by atoms with E-state index in [1.807, 2.05) is 13.8 Å². The van der Waals surface area contributed by atoms with Crippen LogP contribution in [-0.2, 0) is 9.53 Å². The molecule has 3 atom stereocenters. The summed E-state index contributed by atoms with van der Waals surface area (Å²) in [4.78, 5) is 12.2. The van der Waals surface area contributed by atoms with Crippen LogP contribution in [-0.4, -0.2) is 23.8 Å². The number of hydrogen-bond donors (Lipinski definition) is 1. The summed E-state index contributed by atoms with van der Waals surface area (Å²) in [6, 6.07) is 0. The van der Waals surface area contributed by atoms with Crippen LogP contribution in [0, 0.1) is 23.2 Å². The van der Waals surface area contributed by atoms with Crippen molar-refractivity contribution < 1.29 is 14.6 Å². The van der Waals surface area contributed by atoms with Crippen LogP contribution in [0.4, 0.5) is 0 Å². The van der Waals surface area contributed by atoms with Crippen molar-refractivity contribution in [1.29, 1.82) is 0 Å². The molecule has 0 saturated heterocycles. The van der Waals surface area contributed by atoms with Crippen molar-refractivity contribution >= 4 is 5.97 Å². The van der Waals surface area contributed by atoms with Crippen molar-refractivity contribution in [2.24, 2.45) is 23.2 Å². The highest BCUT2D eigenvalue weighted by atomic mass is 16.5. The van der Waals surface area contributed by atoms with E-state index in [1.54, 1.807) is 0 Å². The van der Waals surface area contributed by atoms with Crippen LogP contribution in [0.3, 0.4) is 0 Å². The second-order valence-corrected chi connectivity index (χ2v) is 7.34. The number of carbonyl (C=O) groups excluding carboxylic acids is 1. The number of aliphatic hydroxyl groups is 1. The first-order valence-corrected chi connectivity index (χ1v) is 7.46. The molecule has 3 unspecified atom stereocenters. The number of hydrogen-bond acceptors (Lipinski definition) is 3. The summed E-state index contributed by atoms with van der Waals surface area (Å²) in [7, 11) is 1.37. The number of ether oxygens (including phenoxy) is 1. The molecule has 0 aromatic carbocycles. The molecule has 1 N–H and O–H groups in total. The van der Waals surface area contributed by atoms with Crippen LogP contribution < -0.4 is 0 Å². The fourth-order valence-corrected chi connectivity index (χ4v) is 3.67. The van der Waals surface area contributed by atoms with E-state index in [2.05, 4.69) is 20.8 Å². The zero-order valence-corrected chi connectivity index (χ0v) is 13.3. The van der Waals surface area contributed by atoms with Gasteiger partial charge in [0, 0.05) is 5.92 Å². The highest BCUT2D eigenvalue weighted by Gasteiger charge is 2.53. The Hall–Kier alpha value is -0.570. The summed E-state index contributed by atoms with van der Waals surface area (Å²) < 4.78 is 4.90. The van der Waals surface area contributed by atoms with Crippen LogP contribution in [0.25, 0.3) is 0 Å². The van der Waals surface area contributed by atoms with Crippen LogP contribution in [0.2, 0.25) is 0 Å². The quantitative estimate of drug-likeness (QED) is 0.800. The molecule has 1 rings (SSSR count). The Balaban J connectivity index is 3.15. The lowest BCUT2D eigenvalue weighted by atomic mass is 9.59. The van der Waals surface area contributed by atoms with E-state index >= 15 is 0 Å². The number of rotatable bonds is 3. The first kappa shape index (κ1) is 16.5. The lowest BCUT2D eigenvalue weighted by Crippen LogP contribution is -2.56. The van der Waals surface area contributed by atoms with Crippen molar-refractivity contribution in [1.82, 2.24) is 0 Å². The summed E-state index contributed by atoms with van der Waals surface area (Å²) in [6.45, 7) is 10.4. The Bertz CT molecular complexity index is 316. The zero-order chi connectivity index (χ0) is 14.8. The minimum Gasteiger partial charge on any atom is -0.467 e. The molecule has 1 aliphatic rings. The van der Waals surface area contributed by atoms with Gasteiger partial charge in [0.05, 0.1) is 7.11 Å². The standard InChI is InChI=1S/C16H30O3/c1-11(2)16(18,14(17)19-6)13-10-8-7-9-12(13)15(3,4)5/h11-13,18H,7-10H2,1-6H3. The van der Waals surface area contributed by atoms with Gasteiger partial charge < -0.3 is 9.84 Å². The van der Waals surface area contributed by atoms with E-state index in [-0.39, 0.29) is 17.3 Å². The molecule has 1 aliphatic carbocycles. The second-order valence-electron chi connectivity index (χ2n) is 7.34. The van der Waals surface area contributed by atoms with E-state index in [9.17, 15) is 9.90 Å². The molecular weight excluding hydrogens is 240 g/mol. The van der Waals surface area contributed by atoms with Crippen molar-refractivity contribution in [2.75, 3.05) is 7.11 Å². The topological polar surface area (TPSA) is 46.5 Å². The Labute approximate surface area is 117 Å². The van der Waals surface area contributed by atoms with Crippen molar-refractivity contribution in [3.05, 3.63) is 0 Å². The zero-order valence-electron chi connectivity index (χ0n) is 13.3. The highest BCUT2D eigenvalue weighted by Crippen LogP contribution is 2.48. The lowest BCUT2D eigenvalue weighted by molar-refractivity contribution is -0.184. The van der Waals surface area contributed by atoms with E-state index < -0.39 is 11.6 Å². The lowest BCUT2D eigenvalue weighted by Gasteiger charge is -2.48.